The number of thiophene rings is 1. The maximum absolute atomic E-state index is 5.23. The third kappa shape index (κ3) is 4.30. The Labute approximate surface area is 264 Å². The van der Waals surface area contributed by atoms with Crippen LogP contribution in [0.2, 0.25) is 0 Å². The maximum Gasteiger partial charge on any atom is 0.164 e. The van der Waals surface area contributed by atoms with Crippen LogP contribution in [-0.2, 0) is 0 Å². The van der Waals surface area contributed by atoms with Gasteiger partial charge in [0, 0.05) is 36.9 Å². The van der Waals surface area contributed by atoms with Gasteiger partial charge < -0.3 is 0 Å². The van der Waals surface area contributed by atoms with Crippen LogP contribution >= 0.6 is 11.3 Å². The van der Waals surface area contributed by atoms with Gasteiger partial charge in [0.2, 0.25) is 0 Å². The lowest BCUT2D eigenvalue weighted by Crippen LogP contribution is -2.01. The summed E-state index contributed by atoms with van der Waals surface area (Å²) in [5, 5.41) is 7.21. The topological polar surface area (TPSA) is 38.7 Å². The molecule has 7 aromatic carbocycles. The molecule has 2 heterocycles. The predicted molar refractivity (Wildman–Crippen MR) is 189 cm³/mol. The van der Waals surface area contributed by atoms with E-state index in [4.69, 9.17) is 15.0 Å². The minimum absolute atomic E-state index is 0.661. The van der Waals surface area contributed by atoms with Gasteiger partial charge in [-0.05, 0) is 44.8 Å². The molecule has 0 aliphatic rings. The molecule has 0 bridgehead atoms. The summed E-state index contributed by atoms with van der Waals surface area (Å²) in [4.78, 5) is 15.5. The Kier molecular flexibility index (Phi) is 6.00. The van der Waals surface area contributed by atoms with Gasteiger partial charge in [-0.25, -0.2) is 15.0 Å². The van der Waals surface area contributed by atoms with Crippen molar-refractivity contribution in [2.24, 2.45) is 0 Å². The van der Waals surface area contributed by atoms with Crippen molar-refractivity contribution in [3.63, 3.8) is 0 Å². The van der Waals surface area contributed by atoms with E-state index in [-0.39, 0.29) is 0 Å². The molecule has 45 heavy (non-hydrogen) atoms. The van der Waals surface area contributed by atoms with Gasteiger partial charge in [-0.3, -0.25) is 0 Å². The Bertz CT molecular complexity index is 2540. The van der Waals surface area contributed by atoms with Crippen LogP contribution in [0.15, 0.2) is 152 Å². The molecule has 0 saturated carbocycles. The van der Waals surface area contributed by atoms with Crippen LogP contribution in [0.1, 0.15) is 0 Å². The molecule has 0 spiro atoms. The number of nitrogens with zero attached hydrogens (tertiary/aromatic N) is 3. The number of rotatable bonds is 4. The van der Waals surface area contributed by atoms with E-state index in [1.54, 1.807) is 0 Å². The van der Waals surface area contributed by atoms with Gasteiger partial charge in [0.05, 0.1) is 0 Å². The highest BCUT2D eigenvalue weighted by molar-refractivity contribution is 7.26. The number of hydrogen-bond donors (Lipinski definition) is 0. The summed E-state index contributed by atoms with van der Waals surface area (Å²) in [5.41, 5.74) is 5.33. The van der Waals surface area contributed by atoms with Crippen LogP contribution in [-0.4, -0.2) is 15.0 Å². The van der Waals surface area contributed by atoms with Gasteiger partial charge in [0.1, 0.15) is 0 Å². The largest absolute Gasteiger partial charge is 0.208 e. The first-order valence-corrected chi connectivity index (χ1v) is 15.9. The maximum atomic E-state index is 5.23. The van der Waals surface area contributed by atoms with E-state index in [0.717, 1.165) is 22.1 Å². The molecular formula is C41H25N3S. The Balaban J connectivity index is 1.32. The Morgan fingerprint density at radius 1 is 0.356 bits per heavy atom. The molecule has 0 fully saturated rings. The summed E-state index contributed by atoms with van der Waals surface area (Å²) in [7, 11) is 0. The van der Waals surface area contributed by atoms with Crippen LogP contribution in [0.5, 0.6) is 0 Å². The number of fused-ring (bicyclic) bond motifs is 6. The average Bonchev–Trinajstić information content (AvgIpc) is 3.51. The number of benzene rings is 7. The predicted octanol–water partition coefficient (Wildman–Crippen LogP) is 11.2. The number of hydrogen-bond acceptors (Lipinski definition) is 4. The van der Waals surface area contributed by atoms with Crippen molar-refractivity contribution >= 4 is 53.1 Å². The molecule has 3 nitrogen and oxygen atoms in total. The molecule has 0 amide bonds. The summed E-state index contributed by atoms with van der Waals surface area (Å²) in [5.74, 6) is 2.00. The highest BCUT2D eigenvalue weighted by Gasteiger charge is 2.19. The molecular weight excluding hydrogens is 567 g/mol. The second kappa shape index (κ2) is 10.5. The molecule has 2 aromatic heterocycles. The summed E-state index contributed by atoms with van der Waals surface area (Å²) in [6.45, 7) is 0. The van der Waals surface area contributed by atoms with Crippen LogP contribution in [0.3, 0.4) is 0 Å². The Morgan fingerprint density at radius 3 is 1.73 bits per heavy atom. The molecule has 4 heteroatoms. The highest BCUT2D eigenvalue weighted by Crippen LogP contribution is 2.43. The van der Waals surface area contributed by atoms with Gasteiger partial charge in [-0.15, -0.1) is 11.3 Å². The molecule has 0 N–H and O–H groups in total. The van der Waals surface area contributed by atoms with Crippen LogP contribution in [0.25, 0.3) is 87.0 Å². The summed E-state index contributed by atoms with van der Waals surface area (Å²) in [6.07, 6.45) is 0. The van der Waals surface area contributed by atoms with E-state index in [1.165, 1.54) is 47.5 Å². The molecule has 210 valence electrons. The highest BCUT2D eigenvalue weighted by atomic mass is 32.1. The van der Waals surface area contributed by atoms with Crippen LogP contribution in [0.4, 0.5) is 0 Å². The van der Waals surface area contributed by atoms with E-state index < -0.39 is 0 Å². The molecule has 9 rings (SSSR count). The number of aromatic nitrogens is 3. The van der Waals surface area contributed by atoms with Crippen molar-refractivity contribution in [2.75, 3.05) is 0 Å². The minimum atomic E-state index is 0.661. The summed E-state index contributed by atoms with van der Waals surface area (Å²) < 4.78 is 2.51. The standard InChI is InChI=1S/C41H25N3S/c1-3-12-26(13-4-1)29-24-25-33(32-19-10-9-18-31(29)32)40-42-39(28-15-5-2-6-16-28)43-41(44-40)35-20-11-21-36-37(35)34-23-22-27-14-7-8-17-30(27)38(34)45-36/h1-25H. The zero-order valence-electron chi connectivity index (χ0n) is 24.2. The molecule has 0 aliphatic heterocycles. The lowest BCUT2D eigenvalue weighted by Gasteiger charge is -2.13. The fraction of sp³-hybridized carbons (Fsp3) is 0. The zero-order chi connectivity index (χ0) is 29.7. The first kappa shape index (κ1) is 25.8. The lowest BCUT2D eigenvalue weighted by molar-refractivity contribution is 1.08. The third-order valence-corrected chi connectivity index (χ3v) is 9.75. The van der Waals surface area contributed by atoms with Gasteiger partial charge in [-0.1, -0.05) is 140 Å². The van der Waals surface area contributed by atoms with Crippen molar-refractivity contribution in [1.29, 1.82) is 0 Å². The summed E-state index contributed by atoms with van der Waals surface area (Å²) in [6, 6.07) is 53.2. The first-order valence-electron chi connectivity index (χ1n) is 15.0. The van der Waals surface area contributed by atoms with Crippen LogP contribution in [0, 0.1) is 0 Å². The fourth-order valence-electron chi connectivity index (χ4n) is 6.44. The molecule has 0 radical (unpaired) electrons. The van der Waals surface area contributed by atoms with Crippen molar-refractivity contribution in [2.45, 2.75) is 0 Å². The van der Waals surface area contributed by atoms with E-state index in [9.17, 15) is 0 Å². The lowest BCUT2D eigenvalue weighted by atomic mass is 9.94. The first-order chi connectivity index (χ1) is 22.3. The summed E-state index contributed by atoms with van der Waals surface area (Å²) >= 11 is 1.83. The normalized spacial score (nSPS) is 11.6. The Morgan fingerprint density at radius 2 is 0.956 bits per heavy atom. The monoisotopic (exact) mass is 591 g/mol. The van der Waals surface area contributed by atoms with Crippen molar-refractivity contribution in [3.8, 4) is 45.3 Å². The van der Waals surface area contributed by atoms with Crippen molar-refractivity contribution in [3.05, 3.63) is 152 Å². The quantitative estimate of drug-likeness (QED) is 0.204. The van der Waals surface area contributed by atoms with Gasteiger partial charge in [0.15, 0.2) is 17.5 Å². The van der Waals surface area contributed by atoms with Gasteiger partial charge in [-0.2, -0.15) is 0 Å². The fourth-order valence-corrected chi connectivity index (χ4v) is 7.70. The molecule has 0 saturated heterocycles. The minimum Gasteiger partial charge on any atom is -0.208 e. The van der Waals surface area contributed by atoms with Crippen molar-refractivity contribution < 1.29 is 0 Å². The average molecular weight is 592 g/mol. The molecule has 0 unspecified atom stereocenters. The second-order valence-corrected chi connectivity index (χ2v) is 12.2. The van der Waals surface area contributed by atoms with Crippen LogP contribution < -0.4 is 0 Å². The Hall–Kier alpha value is -5.71. The molecule has 9 aromatic rings. The SMILES string of the molecule is c1ccc(-c2nc(-c3ccc(-c4ccccc4)c4ccccc34)nc(-c3cccc4sc5c6ccccc6ccc5c34)n2)cc1. The molecule has 0 aliphatic carbocycles. The van der Waals surface area contributed by atoms with Gasteiger partial charge in [0.25, 0.3) is 0 Å². The molecule has 0 atom stereocenters. The second-order valence-electron chi connectivity index (χ2n) is 11.2. The third-order valence-electron chi connectivity index (χ3n) is 8.55. The van der Waals surface area contributed by atoms with Crippen molar-refractivity contribution in [1.82, 2.24) is 15.0 Å². The van der Waals surface area contributed by atoms with E-state index in [2.05, 4.69) is 133 Å². The van der Waals surface area contributed by atoms with E-state index in [0.29, 0.717) is 17.5 Å². The smallest absolute Gasteiger partial charge is 0.164 e. The van der Waals surface area contributed by atoms with E-state index >= 15 is 0 Å². The van der Waals surface area contributed by atoms with E-state index in [1.807, 2.05) is 29.5 Å². The van der Waals surface area contributed by atoms with Gasteiger partial charge >= 0.3 is 0 Å². The zero-order valence-corrected chi connectivity index (χ0v) is 25.0.